The molecule has 6 atom stereocenters. The smallest absolute Gasteiger partial charge is 0.459 e. The van der Waals surface area contributed by atoms with Crippen LogP contribution in [0.15, 0.2) is 43.0 Å². The van der Waals surface area contributed by atoms with Crippen LogP contribution in [0.1, 0.15) is 46.8 Å². The molecule has 13 nitrogen and oxygen atoms in total. The van der Waals surface area contributed by atoms with E-state index in [1.165, 1.54) is 31.1 Å². The Bertz CT molecular complexity index is 1420. The molecule has 3 heterocycles. The van der Waals surface area contributed by atoms with E-state index in [-0.39, 0.29) is 5.75 Å². The molecule has 1 saturated carbocycles. The highest BCUT2D eigenvalue weighted by Gasteiger charge is 2.56. The number of aliphatic hydroxyl groups is 1. The topological polar surface area (TPSA) is 159 Å². The summed E-state index contributed by atoms with van der Waals surface area (Å²) in [5.74, 6) is 0.0676. The number of aromatic nitrogens is 4. The summed E-state index contributed by atoms with van der Waals surface area (Å²) < 4.78 is 53.6. The maximum absolute atomic E-state index is 16.0. The first-order valence-electron chi connectivity index (χ1n) is 13.4. The van der Waals surface area contributed by atoms with Crippen molar-refractivity contribution in [3.05, 3.63) is 43.0 Å². The van der Waals surface area contributed by atoms with Crippen molar-refractivity contribution in [2.24, 2.45) is 0 Å². The van der Waals surface area contributed by atoms with Gasteiger partial charge in [-0.3, -0.25) is 13.9 Å². The Kier molecular flexibility index (Phi) is 8.31. The molecule has 1 saturated heterocycles. The molecule has 3 N–H and O–H groups in total. The minimum Gasteiger partial charge on any atom is -0.462 e. The molecule has 2 fully saturated rings. The third kappa shape index (κ3) is 6.52. The Hall–Kier alpha value is -3.16. The van der Waals surface area contributed by atoms with E-state index >= 15 is 4.39 Å². The second-order valence-corrected chi connectivity index (χ2v) is 12.3. The number of hydrogen-bond acceptors (Lipinski definition) is 11. The number of halogens is 1. The molecule has 0 radical (unpaired) electrons. The Balaban J connectivity index is 1.34. The lowest BCUT2D eigenvalue weighted by Gasteiger charge is -2.25. The van der Waals surface area contributed by atoms with Gasteiger partial charge < -0.3 is 24.4 Å². The van der Waals surface area contributed by atoms with Crippen molar-refractivity contribution in [2.45, 2.75) is 82.8 Å². The molecule has 1 aliphatic heterocycles. The van der Waals surface area contributed by atoms with Gasteiger partial charge in [-0.05, 0) is 52.7 Å². The van der Waals surface area contributed by atoms with E-state index in [0.29, 0.717) is 23.0 Å². The fourth-order valence-electron chi connectivity index (χ4n) is 4.41. The van der Waals surface area contributed by atoms with Crippen molar-refractivity contribution >= 4 is 30.7 Å². The van der Waals surface area contributed by atoms with Gasteiger partial charge in [-0.25, -0.2) is 23.9 Å². The number of alkyl halides is 1. The van der Waals surface area contributed by atoms with Crippen molar-refractivity contribution in [1.82, 2.24) is 24.6 Å². The normalized spacial score (nSPS) is 26.6. The van der Waals surface area contributed by atoms with Gasteiger partial charge in [0.1, 0.15) is 30.3 Å². The van der Waals surface area contributed by atoms with Gasteiger partial charge in [-0.15, -0.1) is 0 Å². The first kappa shape index (κ1) is 29.3. The van der Waals surface area contributed by atoms with Gasteiger partial charge in [0.2, 0.25) is 0 Å². The Labute approximate surface area is 236 Å². The van der Waals surface area contributed by atoms with Gasteiger partial charge in [0.25, 0.3) is 0 Å². The molecule has 0 spiro atoms. The zero-order valence-electron chi connectivity index (χ0n) is 23.1. The average molecular weight is 593 g/mol. The number of esters is 1. The molecule has 0 unspecified atom stereocenters. The van der Waals surface area contributed by atoms with Crippen LogP contribution >= 0.6 is 7.75 Å². The summed E-state index contributed by atoms with van der Waals surface area (Å²) in [5.41, 5.74) is -1.54. The molecule has 0 amide bonds. The summed E-state index contributed by atoms with van der Waals surface area (Å²) in [5, 5.41) is 16.8. The quantitative estimate of drug-likeness (QED) is 0.208. The number of fused-ring (bicyclic) bond motifs is 1. The van der Waals surface area contributed by atoms with Crippen LogP contribution in [0, 0.1) is 0 Å². The Morgan fingerprint density at radius 2 is 1.98 bits per heavy atom. The fourth-order valence-corrected chi connectivity index (χ4v) is 5.91. The molecule has 1 aliphatic carbocycles. The summed E-state index contributed by atoms with van der Waals surface area (Å²) in [7, 11) is -4.26. The van der Waals surface area contributed by atoms with Gasteiger partial charge in [0.15, 0.2) is 28.9 Å². The molecule has 15 heteroatoms. The summed E-state index contributed by atoms with van der Waals surface area (Å²) in [4.78, 5) is 25.3. The number of para-hydroxylation sites is 1. The van der Waals surface area contributed by atoms with Gasteiger partial charge in [0, 0.05) is 6.04 Å². The number of aliphatic hydroxyl groups excluding tert-OH is 1. The van der Waals surface area contributed by atoms with Crippen molar-refractivity contribution in [3.8, 4) is 5.75 Å². The molecule has 1 aromatic carbocycles. The number of anilines is 1. The third-order valence-electron chi connectivity index (χ3n) is 6.68. The summed E-state index contributed by atoms with van der Waals surface area (Å²) in [6, 6.07) is 7.44. The highest BCUT2D eigenvalue weighted by molar-refractivity contribution is 7.52. The van der Waals surface area contributed by atoms with Gasteiger partial charge in [-0.1, -0.05) is 18.2 Å². The number of carbonyl (C=O) groups is 1. The van der Waals surface area contributed by atoms with Gasteiger partial charge in [0.05, 0.1) is 19.0 Å². The number of ether oxygens (including phenoxy) is 2. The largest absolute Gasteiger partial charge is 0.462 e. The molecule has 2 aromatic heterocycles. The first-order valence-corrected chi connectivity index (χ1v) is 14.9. The van der Waals surface area contributed by atoms with E-state index in [2.05, 4.69) is 25.4 Å². The number of nitrogens with zero attached hydrogens (tertiary/aromatic N) is 4. The average Bonchev–Trinajstić information content (AvgIpc) is 3.58. The lowest BCUT2D eigenvalue weighted by Crippen LogP contribution is -2.41. The standard InChI is InChI=1S/C26H34FN6O7P/c1-15(2)38-24(35)16(3)32-41(36,40-18-8-6-5-7-9-18)37-12-19-21(34)26(4,27)25(39-19)33-14-30-20-22(31-17-10-11-17)28-13-29-23(20)33/h5-9,13-17,19,21,25,34H,10-12H2,1-4H3,(H,32,36)(H,28,29,31)/t16-,19+,21+,25+,26+,41+/m0/s1. The maximum atomic E-state index is 16.0. The number of benzene rings is 1. The Morgan fingerprint density at radius 3 is 2.66 bits per heavy atom. The van der Waals surface area contributed by atoms with Gasteiger partial charge >= 0.3 is 13.7 Å². The predicted molar refractivity (Wildman–Crippen MR) is 146 cm³/mol. The van der Waals surface area contributed by atoms with Crippen molar-refractivity contribution in [2.75, 3.05) is 11.9 Å². The van der Waals surface area contributed by atoms with E-state index in [1.54, 1.807) is 44.2 Å². The van der Waals surface area contributed by atoms with Crippen LogP contribution in [0.25, 0.3) is 11.2 Å². The first-order chi connectivity index (χ1) is 19.5. The number of imidazole rings is 1. The number of nitrogens with one attached hydrogen (secondary N) is 2. The van der Waals surface area contributed by atoms with Crippen LogP contribution in [0.5, 0.6) is 5.75 Å². The molecular weight excluding hydrogens is 558 g/mol. The van der Waals surface area contributed by atoms with Crippen LogP contribution in [0.3, 0.4) is 0 Å². The molecule has 2 aliphatic rings. The summed E-state index contributed by atoms with van der Waals surface area (Å²) >= 11 is 0. The van der Waals surface area contributed by atoms with Crippen LogP contribution in [-0.2, 0) is 23.4 Å². The molecule has 3 aromatic rings. The lowest BCUT2D eigenvalue weighted by molar-refractivity contribution is -0.149. The van der Waals surface area contributed by atoms with E-state index < -0.39 is 56.6 Å². The van der Waals surface area contributed by atoms with Crippen LogP contribution in [0.4, 0.5) is 10.2 Å². The highest BCUT2D eigenvalue weighted by atomic mass is 31.2. The van der Waals surface area contributed by atoms with E-state index in [0.717, 1.165) is 12.8 Å². The van der Waals surface area contributed by atoms with E-state index in [9.17, 15) is 14.5 Å². The van der Waals surface area contributed by atoms with Crippen LogP contribution in [-0.4, -0.2) is 73.3 Å². The number of hydrogen-bond donors (Lipinski definition) is 3. The molecule has 222 valence electrons. The third-order valence-corrected chi connectivity index (χ3v) is 8.33. The maximum Gasteiger partial charge on any atom is 0.459 e. The molecule has 41 heavy (non-hydrogen) atoms. The molecular formula is C26H34FN6O7P. The van der Waals surface area contributed by atoms with E-state index in [1.807, 2.05) is 0 Å². The second kappa shape index (κ2) is 11.6. The summed E-state index contributed by atoms with van der Waals surface area (Å²) in [6.45, 7) is 5.48. The fraction of sp³-hybridized carbons (Fsp3) is 0.538. The minimum atomic E-state index is -4.26. The zero-order valence-corrected chi connectivity index (χ0v) is 24.0. The van der Waals surface area contributed by atoms with Crippen LogP contribution in [0.2, 0.25) is 0 Å². The monoisotopic (exact) mass is 592 g/mol. The number of carbonyl (C=O) groups excluding carboxylic acids is 1. The van der Waals surface area contributed by atoms with Crippen molar-refractivity contribution in [3.63, 3.8) is 0 Å². The highest BCUT2D eigenvalue weighted by Crippen LogP contribution is 2.48. The zero-order chi connectivity index (χ0) is 29.4. The molecule has 0 bridgehead atoms. The Morgan fingerprint density at radius 1 is 1.24 bits per heavy atom. The van der Waals surface area contributed by atoms with Gasteiger partial charge in [-0.2, -0.15) is 5.09 Å². The van der Waals surface area contributed by atoms with Crippen molar-refractivity contribution in [1.29, 1.82) is 0 Å². The van der Waals surface area contributed by atoms with E-state index in [4.69, 9.17) is 18.5 Å². The number of rotatable bonds is 12. The minimum absolute atomic E-state index is 0.203. The SMILES string of the molecule is CC(C)OC(=O)[C@H](C)N[P@@](=O)(OC[C@H]1O[C@@H](n2cnc3c(NC4CC4)ncnc32)[C@](C)(F)[C@@H]1O)Oc1ccccc1. The summed E-state index contributed by atoms with van der Waals surface area (Å²) in [6.07, 6.45) is 0.118. The molecule has 5 rings (SSSR count). The predicted octanol–water partition coefficient (Wildman–Crippen LogP) is 3.52. The van der Waals surface area contributed by atoms with Crippen LogP contribution < -0.4 is 14.9 Å². The lowest BCUT2D eigenvalue weighted by atomic mass is 9.98. The van der Waals surface area contributed by atoms with Crippen molar-refractivity contribution < 1.29 is 37.4 Å². The second-order valence-electron chi connectivity index (χ2n) is 10.6.